The van der Waals surface area contributed by atoms with Crippen LogP contribution in [-0.2, 0) is 4.74 Å². The van der Waals surface area contributed by atoms with Gasteiger partial charge in [0.1, 0.15) is 5.82 Å². The van der Waals surface area contributed by atoms with E-state index in [4.69, 9.17) is 4.74 Å². The van der Waals surface area contributed by atoms with E-state index >= 15 is 0 Å². The van der Waals surface area contributed by atoms with Crippen molar-refractivity contribution < 1.29 is 14.2 Å². The molecule has 1 rings (SSSR count). The fraction of sp³-hybridized carbons (Fsp3) is 0.600. The van der Waals surface area contributed by atoms with Crippen LogP contribution in [0.5, 0.6) is 0 Å². The summed E-state index contributed by atoms with van der Waals surface area (Å²) in [7, 11) is 1.68. The number of halogens is 1. The van der Waals surface area contributed by atoms with E-state index in [0.717, 1.165) is 13.1 Å². The number of hydrogen-bond donors (Lipinski definition) is 1. The molecule has 0 aliphatic rings. The summed E-state index contributed by atoms with van der Waals surface area (Å²) in [6.45, 7) is 6.42. The van der Waals surface area contributed by atoms with Gasteiger partial charge in [-0.3, -0.25) is 4.90 Å². The van der Waals surface area contributed by atoms with Crippen LogP contribution in [0.25, 0.3) is 0 Å². The van der Waals surface area contributed by atoms with Crippen LogP contribution in [0.2, 0.25) is 0 Å². The molecule has 0 aromatic heterocycles. The molecular weight excluding hydrogens is 245 g/mol. The van der Waals surface area contributed by atoms with Crippen LogP contribution in [0.1, 0.15) is 31.9 Å². The molecule has 0 amide bonds. The highest BCUT2D eigenvalue weighted by atomic mass is 19.1. The van der Waals surface area contributed by atoms with Gasteiger partial charge in [0.05, 0.1) is 12.7 Å². The molecule has 2 unspecified atom stereocenters. The Balaban J connectivity index is 2.53. The van der Waals surface area contributed by atoms with Crippen LogP contribution in [-0.4, -0.2) is 42.9 Å². The Hall–Kier alpha value is -0.970. The average molecular weight is 269 g/mol. The Morgan fingerprint density at radius 2 is 2.05 bits per heavy atom. The van der Waals surface area contributed by atoms with Crippen molar-refractivity contribution in [2.24, 2.45) is 0 Å². The molecule has 0 aliphatic heterocycles. The maximum absolute atomic E-state index is 13.5. The van der Waals surface area contributed by atoms with E-state index in [9.17, 15) is 9.50 Å². The van der Waals surface area contributed by atoms with Crippen LogP contribution in [0.4, 0.5) is 4.39 Å². The summed E-state index contributed by atoms with van der Waals surface area (Å²) in [5.74, 6) is -0.344. The molecule has 0 saturated carbocycles. The zero-order valence-electron chi connectivity index (χ0n) is 12.0. The molecule has 0 radical (unpaired) electrons. The van der Waals surface area contributed by atoms with Gasteiger partial charge in [0.25, 0.3) is 0 Å². The maximum Gasteiger partial charge on any atom is 0.128 e. The van der Waals surface area contributed by atoms with E-state index in [1.54, 1.807) is 25.3 Å². The smallest absolute Gasteiger partial charge is 0.128 e. The standard InChI is InChI=1S/C15H24FNO2/c1-4-17(12(2)11-19-3)10-9-15(18)13-7-5-6-8-14(13)16/h5-8,12,15,18H,4,9-11H2,1-3H3. The fourth-order valence-corrected chi connectivity index (χ4v) is 2.23. The second kappa shape index (κ2) is 8.25. The number of aliphatic hydroxyl groups excluding tert-OH is 1. The zero-order chi connectivity index (χ0) is 14.3. The molecule has 108 valence electrons. The van der Waals surface area contributed by atoms with Crippen molar-refractivity contribution in [3.63, 3.8) is 0 Å². The van der Waals surface area contributed by atoms with Crippen molar-refractivity contribution in [2.45, 2.75) is 32.4 Å². The number of aliphatic hydroxyl groups is 1. The summed E-state index contributed by atoms with van der Waals surface area (Å²) in [5, 5.41) is 10.1. The first kappa shape index (κ1) is 16.1. The second-order valence-corrected chi connectivity index (χ2v) is 4.76. The fourth-order valence-electron chi connectivity index (χ4n) is 2.23. The van der Waals surface area contributed by atoms with Crippen molar-refractivity contribution in [3.05, 3.63) is 35.6 Å². The van der Waals surface area contributed by atoms with Crippen molar-refractivity contribution in [1.29, 1.82) is 0 Å². The summed E-state index contributed by atoms with van der Waals surface area (Å²) in [6, 6.07) is 6.68. The first-order valence-electron chi connectivity index (χ1n) is 6.75. The Bertz CT molecular complexity index is 373. The Morgan fingerprint density at radius 1 is 1.37 bits per heavy atom. The van der Waals surface area contributed by atoms with E-state index in [0.29, 0.717) is 24.6 Å². The SMILES string of the molecule is CCN(CCC(O)c1ccccc1F)C(C)COC. The third-order valence-electron chi connectivity index (χ3n) is 3.39. The zero-order valence-corrected chi connectivity index (χ0v) is 12.0. The highest BCUT2D eigenvalue weighted by molar-refractivity contribution is 5.19. The quantitative estimate of drug-likeness (QED) is 0.787. The van der Waals surface area contributed by atoms with Gasteiger partial charge in [-0.15, -0.1) is 0 Å². The molecule has 1 aromatic carbocycles. The molecule has 0 bridgehead atoms. The van der Waals surface area contributed by atoms with E-state index < -0.39 is 6.10 Å². The number of nitrogens with zero attached hydrogens (tertiary/aromatic N) is 1. The highest BCUT2D eigenvalue weighted by Crippen LogP contribution is 2.20. The predicted molar refractivity (Wildman–Crippen MR) is 74.6 cm³/mol. The van der Waals surface area contributed by atoms with Crippen LogP contribution < -0.4 is 0 Å². The molecule has 1 aromatic rings. The molecule has 0 aliphatic carbocycles. The van der Waals surface area contributed by atoms with E-state index in [-0.39, 0.29) is 5.82 Å². The van der Waals surface area contributed by atoms with E-state index in [1.807, 2.05) is 0 Å². The summed E-state index contributed by atoms with van der Waals surface area (Å²) in [4.78, 5) is 2.22. The van der Waals surface area contributed by atoms with E-state index in [2.05, 4.69) is 18.7 Å². The number of methoxy groups -OCH3 is 1. The van der Waals surface area contributed by atoms with Gasteiger partial charge in [-0.25, -0.2) is 4.39 Å². The predicted octanol–water partition coefficient (Wildman–Crippen LogP) is 2.61. The van der Waals surface area contributed by atoms with E-state index in [1.165, 1.54) is 6.07 Å². The van der Waals surface area contributed by atoms with Gasteiger partial charge in [-0.05, 0) is 26.0 Å². The average Bonchev–Trinajstić information content (AvgIpc) is 2.40. The minimum atomic E-state index is -0.759. The molecule has 19 heavy (non-hydrogen) atoms. The second-order valence-electron chi connectivity index (χ2n) is 4.76. The largest absolute Gasteiger partial charge is 0.388 e. The summed E-state index contributed by atoms with van der Waals surface area (Å²) >= 11 is 0. The summed E-state index contributed by atoms with van der Waals surface area (Å²) < 4.78 is 18.7. The lowest BCUT2D eigenvalue weighted by Gasteiger charge is -2.28. The first-order valence-corrected chi connectivity index (χ1v) is 6.75. The Labute approximate surface area is 115 Å². The van der Waals surface area contributed by atoms with Gasteiger partial charge in [-0.1, -0.05) is 25.1 Å². The molecule has 3 nitrogen and oxygen atoms in total. The van der Waals surface area contributed by atoms with Crippen LogP contribution >= 0.6 is 0 Å². The van der Waals surface area contributed by atoms with Gasteiger partial charge in [-0.2, -0.15) is 0 Å². The monoisotopic (exact) mass is 269 g/mol. The van der Waals surface area contributed by atoms with Crippen LogP contribution in [0.3, 0.4) is 0 Å². The van der Waals surface area contributed by atoms with Gasteiger partial charge in [0, 0.05) is 25.3 Å². The van der Waals surface area contributed by atoms with Gasteiger partial charge in [0.15, 0.2) is 0 Å². The third kappa shape index (κ3) is 4.90. The van der Waals surface area contributed by atoms with Crippen molar-refractivity contribution in [1.82, 2.24) is 4.90 Å². The molecule has 0 heterocycles. The Kier molecular flexibility index (Phi) is 6.99. The molecule has 0 saturated heterocycles. The normalized spacial score (nSPS) is 14.6. The van der Waals surface area contributed by atoms with Gasteiger partial charge >= 0.3 is 0 Å². The minimum Gasteiger partial charge on any atom is -0.388 e. The first-order chi connectivity index (χ1) is 9.10. The molecule has 4 heteroatoms. The number of benzene rings is 1. The number of rotatable bonds is 8. The number of hydrogen-bond acceptors (Lipinski definition) is 3. The number of ether oxygens (including phenoxy) is 1. The van der Waals surface area contributed by atoms with Crippen molar-refractivity contribution >= 4 is 0 Å². The summed E-state index contributed by atoms with van der Waals surface area (Å²) in [6.07, 6.45) is -0.243. The molecule has 0 spiro atoms. The highest BCUT2D eigenvalue weighted by Gasteiger charge is 2.16. The number of likely N-dealkylation sites (N-methyl/N-ethyl adjacent to an activating group) is 1. The molecular formula is C15H24FNO2. The topological polar surface area (TPSA) is 32.7 Å². The molecule has 2 atom stereocenters. The lowest BCUT2D eigenvalue weighted by atomic mass is 10.1. The van der Waals surface area contributed by atoms with Crippen LogP contribution in [0, 0.1) is 5.82 Å². The lowest BCUT2D eigenvalue weighted by Crippen LogP contribution is -2.37. The molecule has 1 N–H and O–H groups in total. The van der Waals surface area contributed by atoms with Gasteiger partial charge < -0.3 is 9.84 Å². The lowest BCUT2D eigenvalue weighted by molar-refractivity contribution is 0.0832. The Morgan fingerprint density at radius 3 is 2.63 bits per heavy atom. The third-order valence-corrected chi connectivity index (χ3v) is 3.39. The van der Waals surface area contributed by atoms with Gasteiger partial charge in [0.2, 0.25) is 0 Å². The van der Waals surface area contributed by atoms with Crippen molar-refractivity contribution in [3.8, 4) is 0 Å². The molecule has 0 fully saturated rings. The van der Waals surface area contributed by atoms with Crippen LogP contribution in [0.15, 0.2) is 24.3 Å². The van der Waals surface area contributed by atoms with Crippen molar-refractivity contribution in [2.75, 3.05) is 26.8 Å². The summed E-state index contributed by atoms with van der Waals surface area (Å²) in [5.41, 5.74) is 0.373. The minimum absolute atomic E-state index is 0.294. The maximum atomic E-state index is 13.5.